The summed E-state index contributed by atoms with van der Waals surface area (Å²) in [6, 6.07) is 9.56. The Kier molecular flexibility index (Phi) is 8.17. The molecule has 10 heteroatoms. The Morgan fingerprint density at radius 2 is 1.86 bits per heavy atom. The Hall–Kier alpha value is -3.92. The van der Waals surface area contributed by atoms with Crippen LogP contribution >= 0.6 is 0 Å². The third kappa shape index (κ3) is 6.19. The Morgan fingerprint density at radius 1 is 1.11 bits per heavy atom. The van der Waals surface area contributed by atoms with Crippen LogP contribution in [0.4, 0.5) is 11.5 Å². The second kappa shape index (κ2) is 11.7. The predicted molar refractivity (Wildman–Crippen MR) is 140 cm³/mol. The first-order valence-electron chi connectivity index (χ1n) is 12.0. The number of nitrogens with zero attached hydrogens (tertiary/aromatic N) is 4. The van der Waals surface area contributed by atoms with E-state index < -0.39 is 12.5 Å². The number of carboxylic acids is 1. The number of hydrogen-bond donors (Lipinski definition) is 3. The van der Waals surface area contributed by atoms with Crippen molar-refractivity contribution in [2.45, 2.75) is 26.7 Å². The Morgan fingerprint density at radius 3 is 2.56 bits per heavy atom. The number of fused-ring (bicyclic) bond motifs is 1. The molecule has 1 saturated heterocycles. The van der Waals surface area contributed by atoms with E-state index in [1.807, 2.05) is 44.2 Å². The first-order chi connectivity index (χ1) is 17.4. The minimum Gasteiger partial charge on any atom is -0.493 e. The van der Waals surface area contributed by atoms with E-state index >= 15 is 0 Å². The van der Waals surface area contributed by atoms with E-state index in [1.54, 1.807) is 7.11 Å². The van der Waals surface area contributed by atoms with Gasteiger partial charge in [-0.25, -0.2) is 15.0 Å². The lowest BCUT2D eigenvalue weighted by Gasteiger charge is -2.18. The number of hydrogen-bond acceptors (Lipinski definition) is 7. The molecule has 36 heavy (non-hydrogen) atoms. The van der Waals surface area contributed by atoms with Crippen molar-refractivity contribution in [3.05, 3.63) is 47.8 Å². The largest absolute Gasteiger partial charge is 0.493 e. The highest BCUT2D eigenvalue weighted by Gasteiger charge is 2.16. The number of nitrogens with one attached hydrogen (secondary N) is 2. The van der Waals surface area contributed by atoms with Crippen LogP contribution in [0.2, 0.25) is 0 Å². The maximum absolute atomic E-state index is 11.2. The van der Waals surface area contributed by atoms with E-state index in [0.29, 0.717) is 34.8 Å². The molecule has 0 atom stereocenters. The average molecular weight is 493 g/mol. The predicted octanol–water partition coefficient (Wildman–Crippen LogP) is 3.69. The summed E-state index contributed by atoms with van der Waals surface area (Å²) in [5.41, 5.74) is 3.52. The highest BCUT2D eigenvalue weighted by molar-refractivity contribution is 6.08. The normalized spacial score (nSPS) is 14.1. The van der Waals surface area contributed by atoms with E-state index in [9.17, 15) is 9.90 Å². The number of aliphatic carboxylic acids is 1. The van der Waals surface area contributed by atoms with Crippen LogP contribution in [0.5, 0.6) is 11.5 Å². The highest BCUT2D eigenvalue weighted by Crippen LogP contribution is 2.34. The van der Waals surface area contributed by atoms with Gasteiger partial charge in [-0.15, -0.1) is 0 Å². The number of carboxylic acid groups (broad SMARTS) is 1. The smallest absolute Gasteiger partial charge is 0.325 e. The minimum absolute atomic E-state index is 0.264. The van der Waals surface area contributed by atoms with E-state index in [1.165, 1.54) is 19.2 Å². The van der Waals surface area contributed by atoms with Crippen LogP contribution in [-0.2, 0) is 4.79 Å². The van der Waals surface area contributed by atoms with Crippen molar-refractivity contribution in [1.82, 2.24) is 14.9 Å². The maximum Gasteiger partial charge on any atom is 0.325 e. The van der Waals surface area contributed by atoms with Crippen molar-refractivity contribution in [1.29, 1.82) is 0 Å². The molecule has 1 aromatic heterocycles. The Balaban J connectivity index is 1.60. The number of benzene rings is 2. The Labute approximate surface area is 210 Å². The summed E-state index contributed by atoms with van der Waals surface area (Å²) >= 11 is 0. The fourth-order valence-corrected chi connectivity index (χ4v) is 4.23. The van der Waals surface area contributed by atoms with E-state index in [4.69, 9.17) is 9.47 Å². The molecule has 190 valence electrons. The van der Waals surface area contributed by atoms with Crippen LogP contribution < -0.4 is 20.1 Å². The molecule has 4 rings (SSSR count). The number of guanidine groups is 1. The molecular formula is C26H32N6O4. The number of aromatic nitrogens is 2. The van der Waals surface area contributed by atoms with Crippen LogP contribution in [0.25, 0.3) is 10.9 Å². The number of carbonyl (C=O) groups is 1. The quantitative estimate of drug-likeness (QED) is 0.303. The van der Waals surface area contributed by atoms with Gasteiger partial charge in [0.2, 0.25) is 5.96 Å². The summed E-state index contributed by atoms with van der Waals surface area (Å²) in [5, 5.41) is 16.3. The zero-order valence-corrected chi connectivity index (χ0v) is 20.9. The van der Waals surface area contributed by atoms with Gasteiger partial charge >= 0.3 is 5.97 Å². The maximum atomic E-state index is 11.2. The summed E-state index contributed by atoms with van der Waals surface area (Å²) in [6.45, 7) is 7.20. The van der Waals surface area contributed by atoms with Crippen LogP contribution in [0, 0.1) is 13.8 Å². The standard InChI is InChI=1S/C26H32N6O4/c1-17-7-6-8-18(2)24(17)30-26(27-15-23(33)34)31-25-19-13-21(35-3)22(14-20(19)28-16-29-25)36-12-11-32-9-4-5-10-32/h6-8,13-14,16H,4-5,9-12,15H2,1-3H3,(H,33,34)(H2,27,28,29,30,31). The molecule has 1 aliphatic rings. The lowest BCUT2D eigenvalue weighted by atomic mass is 10.1. The van der Waals surface area contributed by atoms with Crippen molar-refractivity contribution >= 4 is 34.3 Å². The molecule has 0 unspecified atom stereocenters. The van der Waals surface area contributed by atoms with Gasteiger partial charge in [0.05, 0.1) is 12.6 Å². The third-order valence-corrected chi connectivity index (χ3v) is 6.12. The van der Waals surface area contributed by atoms with Crippen LogP contribution in [0.3, 0.4) is 0 Å². The van der Waals surface area contributed by atoms with Crippen LogP contribution in [0.1, 0.15) is 24.0 Å². The zero-order valence-electron chi connectivity index (χ0n) is 20.9. The number of ether oxygens (including phenoxy) is 2. The van der Waals surface area contributed by atoms with Gasteiger partial charge in [0.15, 0.2) is 11.5 Å². The molecule has 1 fully saturated rings. The molecule has 0 radical (unpaired) electrons. The van der Waals surface area contributed by atoms with Gasteiger partial charge < -0.3 is 25.2 Å². The number of aryl methyl sites for hydroxylation is 2. The average Bonchev–Trinajstić information content (AvgIpc) is 3.38. The molecule has 1 aliphatic heterocycles. The van der Waals surface area contributed by atoms with Crippen molar-refractivity contribution in [2.24, 2.45) is 4.99 Å². The zero-order chi connectivity index (χ0) is 25.5. The SMILES string of the molecule is COc1cc2c(NC(=NCC(=O)O)Nc3c(C)cccc3C)ncnc2cc1OCCN1CCCC1. The van der Waals surface area contributed by atoms with E-state index in [0.717, 1.165) is 36.4 Å². The molecule has 10 nitrogen and oxygen atoms in total. The summed E-state index contributed by atoms with van der Waals surface area (Å²) in [4.78, 5) is 26.6. The van der Waals surface area contributed by atoms with Crippen molar-refractivity contribution < 1.29 is 19.4 Å². The van der Waals surface area contributed by atoms with E-state index in [2.05, 4.69) is 30.5 Å². The summed E-state index contributed by atoms with van der Waals surface area (Å²) in [6.07, 6.45) is 3.92. The van der Waals surface area contributed by atoms with Gasteiger partial charge in [0.25, 0.3) is 0 Å². The number of anilines is 2. The lowest BCUT2D eigenvalue weighted by Crippen LogP contribution is -2.25. The van der Waals surface area contributed by atoms with Crippen molar-refractivity contribution in [2.75, 3.05) is 50.5 Å². The first-order valence-corrected chi connectivity index (χ1v) is 12.0. The molecule has 0 bridgehead atoms. The van der Waals surface area contributed by atoms with Gasteiger partial charge in [-0.3, -0.25) is 9.69 Å². The van der Waals surface area contributed by atoms with Gasteiger partial charge in [0, 0.05) is 23.7 Å². The number of aliphatic imine (C=N–C) groups is 1. The van der Waals surface area contributed by atoms with Gasteiger partial charge in [-0.1, -0.05) is 18.2 Å². The number of methoxy groups -OCH3 is 1. The lowest BCUT2D eigenvalue weighted by molar-refractivity contribution is -0.135. The highest BCUT2D eigenvalue weighted by atomic mass is 16.5. The third-order valence-electron chi connectivity index (χ3n) is 6.12. The summed E-state index contributed by atoms with van der Waals surface area (Å²) < 4.78 is 11.6. The monoisotopic (exact) mass is 492 g/mol. The van der Waals surface area contributed by atoms with Crippen molar-refractivity contribution in [3.8, 4) is 11.5 Å². The molecule has 0 aliphatic carbocycles. The first kappa shape index (κ1) is 25.2. The van der Waals surface area contributed by atoms with E-state index in [-0.39, 0.29) is 5.96 Å². The molecule has 0 amide bonds. The molecule has 3 N–H and O–H groups in total. The number of likely N-dealkylation sites (tertiary alicyclic amines) is 1. The molecular weight excluding hydrogens is 460 g/mol. The minimum atomic E-state index is -1.04. The van der Waals surface area contributed by atoms with Crippen LogP contribution in [-0.4, -0.2) is 71.8 Å². The Bertz CT molecular complexity index is 1240. The number of rotatable bonds is 9. The molecule has 2 aromatic carbocycles. The summed E-state index contributed by atoms with van der Waals surface area (Å²) in [7, 11) is 1.59. The molecule has 0 spiro atoms. The second-order valence-electron chi connectivity index (χ2n) is 8.72. The topological polar surface area (TPSA) is 121 Å². The summed E-state index contributed by atoms with van der Waals surface area (Å²) in [5.74, 6) is 0.864. The molecule has 0 saturated carbocycles. The van der Waals surface area contributed by atoms with Gasteiger partial charge in [-0.05, 0) is 57.0 Å². The van der Waals surface area contributed by atoms with Gasteiger partial charge in [-0.2, -0.15) is 0 Å². The fourth-order valence-electron chi connectivity index (χ4n) is 4.23. The van der Waals surface area contributed by atoms with Gasteiger partial charge in [0.1, 0.15) is 25.3 Å². The second-order valence-corrected chi connectivity index (χ2v) is 8.72. The molecule has 2 heterocycles. The van der Waals surface area contributed by atoms with Crippen molar-refractivity contribution in [3.63, 3.8) is 0 Å². The fraction of sp³-hybridized carbons (Fsp3) is 0.385. The van der Waals surface area contributed by atoms with Crippen LogP contribution in [0.15, 0.2) is 41.7 Å². The number of para-hydroxylation sites is 1. The molecule has 3 aromatic rings.